The standard InChI is InChI=1S/C13H19BrN2O2/c1-9(2)18-7-3-6-16-13(17)10-4-5-11(14)12(15)8-10/h4-5,8-9H,3,6-7,15H2,1-2H3,(H,16,17). The zero-order chi connectivity index (χ0) is 13.5. The molecular weight excluding hydrogens is 296 g/mol. The number of nitrogens with two attached hydrogens (primary N) is 1. The molecule has 0 unspecified atom stereocenters. The SMILES string of the molecule is CC(C)OCCCNC(=O)c1ccc(Br)c(N)c1. The number of hydrogen-bond donors (Lipinski definition) is 2. The van der Waals surface area contributed by atoms with E-state index in [4.69, 9.17) is 10.5 Å². The quantitative estimate of drug-likeness (QED) is 0.626. The van der Waals surface area contributed by atoms with Gasteiger partial charge in [-0.25, -0.2) is 0 Å². The van der Waals surface area contributed by atoms with Crippen LogP contribution in [0.5, 0.6) is 0 Å². The molecule has 1 aromatic rings. The maximum Gasteiger partial charge on any atom is 0.251 e. The largest absolute Gasteiger partial charge is 0.398 e. The number of anilines is 1. The third-order valence-electron chi connectivity index (χ3n) is 2.32. The van der Waals surface area contributed by atoms with Crippen LogP contribution in [0.15, 0.2) is 22.7 Å². The number of nitrogen functional groups attached to an aromatic ring is 1. The Kier molecular flexibility index (Phi) is 6.15. The second-order valence-corrected chi connectivity index (χ2v) is 5.12. The smallest absolute Gasteiger partial charge is 0.251 e. The molecule has 0 radical (unpaired) electrons. The van der Waals surface area contributed by atoms with E-state index in [9.17, 15) is 4.79 Å². The Bertz CT molecular complexity index is 408. The van der Waals surface area contributed by atoms with Crippen molar-refractivity contribution in [1.29, 1.82) is 0 Å². The Morgan fingerprint density at radius 3 is 2.83 bits per heavy atom. The maximum absolute atomic E-state index is 11.8. The van der Waals surface area contributed by atoms with Crippen LogP contribution >= 0.6 is 15.9 Å². The molecule has 0 aliphatic rings. The van der Waals surface area contributed by atoms with Gasteiger partial charge in [0.2, 0.25) is 0 Å². The molecule has 4 nitrogen and oxygen atoms in total. The normalized spacial score (nSPS) is 10.7. The van der Waals surface area contributed by atoms with Gasteiger partial charge in [0.05, 0.1) is 6.10 Å². The molecule has 100 valence electrons. The molecule has 1 amide bonds. The van der Waals surface area contributed by atoms with Crippen molar-refractivity contribution in [3.05, 3.63) is 28.2 Å². The highest BCUT2D eigenvalue weighted by Crippen LogP contribution is 2.19. The summed E-state index contributed by atoms with van der Waals surface area (Å²) >= 11 is 3.29. The van der Waals surface area contributed by atoms with Crippen LogP contribution in [0.1, 0.15) is 30.6 Å². The molecule has 18 heavy (non-hydrogen) atoms. The zero-order valence-electron chi connectivity index (χ0n) is 10.7. The first-order chi connectivity index (χ1) is 8.50. The molecule has 0 aliphatic carbocycles. The minimum Gasteiger partial charge on any atom is -0.398 e. The Balaban J connectivity index is 2.34. The van der Waals surface area contributed by atoms with Crippen LogP contribution < -0.4 is 11.1 Å². The molecule has 0 bridgehead atoms. The van der Waals surface area contributed by atoms with E-state index in [1.165, 1.54) is 0 Å². The van der Waals surface area contributed by atoms with Gasteiger partial charge < -0.3 is 15.8 Å². The summed E-state index contributed by atoms with van der Waals surface area (Å²) in [4.78, 5) is 11.8. The third kappa shape index (κ3) is 5.06. The number of amides is 1. The fourth-order valence-electron chi connectivity index (χ4n) is 1.38. The molecule has 0 saturated heterocycles. The molecule has 5 heteroatoms. The van der Waals surface area contributed by atoms with Gasteiger partial charge >= 0.3 is 0 Å². The van der Waals surface area contributed by atoms with Crippen LogP contribution in [0.2, 0.25) is 0 Å². The van der Waals surface area contributed by atoms with Gasteiger partial charge in [-0.1, -0.05) is 0 Å². The molecule has 0 spiro atoms. The summed E-state index contributed by atoms with van der Waals surface area (Å²) in [7, 11) is 0. The molecule has 0 atom stereocenters. The monoisotopic (exact) mass is 314 g/mol. The van der Waals surface area contributed by atoms with Crippen molar-refractivity contribution in [3.8, 4) is 0 Å². The highest BCUT2D eigenvalue weighted by Gasteiger charge is 2.06. The molecule has 0 aliphatic heterocycles. The van der Waals surface area contributed by atoms with Gasteiger partial charge in [-0.2, -0.15) is 0 Å². The van der Waals surface area contributed by atoms with E-state index in [-0.39, 0.29) is 12.0 Å². The Labute approximate surface area is 116 Å². The third-order valence-corrected chi connectivity index (χ3v) is 3.04. The van der Waals surface area contributed by atoms with Crippen molar-refractivity contribution in [2.75, 3.05) is 18.9 Å². The van der Waals surface area contributed by atoms with E-state index in [1.807, 2.05) is 13.8 Å². The van der Waals surface area contributed by atoms with Gasteiger partial charge in [0.25, 0.3) is 5.91 Å². The molecule has 1 aromatic carbocycles. The Morgan fingerprint density at radius 2 is 2.22 bits per heavy atom. The minimum absolute atomic E-state index is 0.112. The van der Waals surface area contributed by atoms with E-state index in [1.54, 1.807) is 18.2 Å². The summed E-state index contributed by atoms with van der Waals surface area (Å²) < 4.78 is 6.18. The van der Waals surface area contributed by atoms with Crippen molar-refractivity contribution in [2.45, 2.75) is 26.4 Å². The first-order valence-corrected chi connectivity index (χ1v) is 6.75. The summed E-state index contributed by atoms with van der Waals surface area (Å²) in [5, 5.41) is 2.83. The number of rotatable bonds is 6. The number of halogens is 1. The highest BCUT2D eigenvalue weighted by atomic mass is 79.9. The fraction of sp³-hybridized carbons (Fsp3) is 0.462. The lowest BCUT2D eigenvalue weighted by atomic mass is 10.2. The fourth-order valence-corrected chi connectivity index (χ4v) is 1.63. The van der Waals surface area contributed by atoms with Gasteiger partial charge in [0.15, 0.2) is 0 Å². The van der Waals surface area contributed by atoms with Crippen LogP contribution in [-0.2, 0) is 4.74 Å². The topological polar surface area (TPSA) is 64.3 Å². The molecule has 1 rings (SSSR count). The average Bonchev–Trinajstić information content (AvgIpc) is 2.31. The number of carbonyl (C=O) groups is 1. The van der Waals surface area contributed by atoms with Crippen molar-refractivity contribution in [2.24, 2.45) is 0 Å². The van der Waals surface area contributed by atoms with Crippen LogP contribution in [0.3, 0.4) is 0 Å². The molecule has 0 fully saturated rings. The van der Waals surface area contributed by atoms with Gasteiger partial charge in [-0.15, -0.1) is 0 Å². The maximum atomic E-state index is 11.8. The van der Waals surface area contributed by atoms with E-state index >= 15 is 0 Å². The number of ether oxygens (including phenoxy) is 1. The number of nitrogens with one attached hydrogen (secondary N) is 1. The predicted molar refractivity (Wildman–Crippen MR) is 76.6 cm³/mol. The second-order valence-electron chi connectivity index (χ2n) is 4.27. The number of hydrogen-bond acceptors (Lipinski definition) is 3. The summed E-state index contributed by atoms with van der Waals surface area (Å²) in [5.41, 5.74) is 6.85. The first-order valence-electron chi connectivity index (χ1n) is 5.95. The van der Waals surface area contributed by atoms with Gasteiger partial charge in [0, 0.05) is 28.9 Å². The summed E-state index contributed by atoms with van der Waals surface area (Å²) in [6, 6.07) is 5.16. The summed E-state index contributed by atoms with van der Waals surface area (Å²) in [6.07, 6.45) is 1.03. The predicted octanol–water partition coefficient (Wildman–Crippen LogP) is 2.58. The van der Waals surface area contributed by atoms with Crippen LogP contribution in [0.4, 0.5) is 5.69 Å². The van der Waals surface area contributed by atoms with E-state index in [2.05, 4.69) is 21.2 Å². The van der Waals surface area contributed by atoms with Crippen molar-refractivity contribution < 1.29 is 9.53 Å². The van der Waals surface area contributed by atoms with E-state index < -0.39 is 0 Å². The lowest BCUT2D eigenvalue weighted by Crippen LogP contribution is -2.25. The van der Waals surface area contributed by atoms with Crippen LogP contribution in [0.25, 0.3) is 0 Å². The second kappa shape index (κ2) is 7.38. The van der Waals surface area contributed by atoms with Gasteiger partial charge in [0.1, 0.15) is 0 Å². The molecule has 0 heterocycles. The Morgan fingerprint density at radius 1 is 1.50 bits per heavy atom. The lowest BCUT2D eigenvalue weighted by Gasteiger charge is -2.09. The molecule has 0 saturated carbocycles. The van der Waals surface area contributed by atoms with Crippen LogP contribution in [-0.4, -0.2) is 25.2 Å². The van der Waals surface area contributed by atoms with Gasteiger partial charge in [-0.3, -0.25) is 4.79 Å². The molecular formula is C13H19BrN2O2. The minimum atomic E-state index is -0.112. The average molecular weight is 315 g/mol. The van der Waals surface area contributed by atoms with Gasteiger partial charge in [-0.05, 0) is 54.4 Å². The summed E-state index contributed by atoms with van der Waals surface area (Å²) in [6.45, 7) is 5.23. The van der Waals surface area contributed by atoms with Crippen molar-refractivity contribution >= 4 is 27.5 Å². The molecule has 0 aromatic heterocycles. The summed E-state index contributed by atoms with van der Waals surface area (Å²) in [5.74, 6) is -0.112. The lowest BCUT2D eigenvalue weighted by molar-refractivity contribution is 0.0757. The number of carbonyl (C=O) groups excluding carboxylic acids is 1. The number of benzene rings is 1. The first kappa shape index (κ1) is 15.0. The zero-order valence-corrected chi connectivity index (χ0v) is 12.3. The van der Waals surface area contributed by atoms with E-state index in [0.717, 1.165) is 10.9 Å². The molecule has 3 N–H and O–H groups in total. The Hall–Kier alpha value is -1.07. The van der Waals surface area contributed by atoms with Crippen LogP contribution in [0, 0.1) is 0 Å². The van der Waals surface area contributed by atoms with Crippen molar-refractivity contribution in [3.63, 3.8) is 0 Å². The highest BCUT2D eigenvalue weighted by molar-refractivity contribution is 9.10. The van der Waals surface area contributed by atoms with E-state index in [0.29, 0.717) is 24.4 Å². The van der Waals surface area contributed by atoms with Crippen molar-refractivity contribution in [1.82, 2.24) is 5.32 Å².